The van der Waals surface area contributed by atoms with Crippen LogP contribution < -0.4 is 15.0 Å². The fourth-order valence-electron chi connectivity index (χ4n) is 4.65. The SMILES string of the molecule is CN(C(=O)N(C)[C@@H]1CCNC[C@H]1c1ccc(F)cc1)c1cc(-c2ccc(Cl)cc2)ccc1OC(F)(F)F.Cl. The Balaban J connectivity index is 0.00000400. The lowest BCUT2D eigenvalue weighted by Crippen LogP contribution is -2.52. The van der Waals surface area contributed by atoms with Crippen molar-refractivity contribution in [1.29, 1.82) is 0 Å². The van der Waals surface area contributed by atoms with Gasteiger partial charge in [0.25, 0.3) is 0 Å². The van der Waals surface area contributed by atoms with Crippen molar-refractivity contribution in [3.63, 3.8) is 0 Å². The number of anilines is 1. The van der Waals surface area contributed by atoms with E-state index in [1.165, 1.54) is 42.3 Å². The normalized spacial score (nSPS) is 17.3. The fourth-order valence-corrected chi connectivity index (χ4v) is 4.78. The van der Waals surface area contributed by atoms with Gasteiger partial charge in [0, 0.05) is 37.6 Å². The Hall–Kier alpha value is -3.01. The Kier molecular flexibility index (Phi) is 9.51. The zero-order valence-corrected chi connectivity index (χ0v) is 22.2. The highest BCUT2D eigenvalue weighted by Gasteiger charge is 2.36. The zero-order chi connectivity index (χ0) is 26.7. The van der Waals surface area contributed by atoms with E-state index < -0.39 is 18.1 Å². The first kappa shape index (κ1) is 29.5. The Morgan fingerprint density at radius 1 is 1.00 bits per heavy atom. The minimum absolute atomic E-state index is 0. The molecule has 1 heterocycles. The first-order valence-electron chi connectivity index (χ1n) is 11.7. The number of nitrogens with one attached hydrogen (secondary N) is 1. The van der Waals surface area contributed by atoms with Crippen LogP contribution in [0.15, 0.2) is 66.7 Å². The minimum Gasteiger partial charge on any atom is -0.404 e. The third kappa shape index (κ3) is 6.89. The van der Waals surface area contributed by atoms with Crippen molar-refractivity contribution in [3.05, 3.63) is 83.1 Å². The molecular formula is C27H27Cl2F4N3O2. The van der Waals surface area contributed by atoms with Crippen LogP contribution in [0, 0.1) is 5.82 Å². The Morgan fingerprint density at radius 3 is 2.26 bits per heavy atom. The number of hydrogen-bond donors (Lipinski definition) is 1. The van der Waals surface area contributed by atoms with Crippen LogP contribution in [0.2, 0.25) is 5.02 Å². The predicted octanol–water partition coefficient (Wildman–Crippen LogP) is 7.10. The first-order valence-corrected chi connectivity index (χ1v) is 12.0. The van der Waals surface area contributed by atoms with Crippen molar-refractivity contribution in [3.8, 4) is 16.9 Å². The van der Waals surface area contributed by atoms with E-state index in [0.717, 1.165) is 10.5 Å². The molecule has 0 saturated carbocycles. The van der Waals surface area contributed by atoms with Gasteiger partial charge in [0.2, 0.25) is 0 Å². The highest BCUT2D eigenvalue weighted by molar-refractivity contribution is 6.30. The van der Waals surface area contributed by atoms with Crippen LogP contribution >= 0.6 is 24.0 Å². The molecule has 0 aromatic heterocycles. The van der Waals surface area contributed by atoms with Crippen LogP contribution in [-0.4, -0.2) is 50.5 Å². The second-order valence-electron chi connectivity index (χ2n) is 8.91. The van der Waals surface area contributed by atoms with Crippen LogP contribution in [-0.2, 0) is 0 Å². The molecule has 11 heteroatoms. The van der Waals surface area contributed by atoms with Crippen molar-refractivity contribution in [2.75, 3.05) is 32.1 Å². The number of piperidine rings is 1. The van der Waals surface area contributed by atoms with Gasteiger partial charge in [-0.15, -0.1) is 25.6 Å². The van der Waals surface area contributed by atoms with Gasteiger partial charge in [0.15, 0.2) is 5.75 Å². The maximum atomic E-state index is 13.6. The lowest BCUT2D eigenvalue weighted by atomic mass is 9.86. The van der Waals surface area contributed by atoms with Crippen LogP contribution in [0.1, 0.15) is 17.9 Å². The van der Waals surface area contributed by atoms with Gasteiger partial charge in [-0.25, -0.2) is 9.18 Å². The number of alkyl halides is 3. The van der Waals surface area contributed by atoms with Crippen LogP contribution in [0.5, 0.6) is 5.75 Å². The van der Waals surface area contributed by atoms with E-state index >= 15 is 0 Å². The molecule has 0 radical (unpaired) electrons. The number of rotatable bonds is 5. The van der Waals surface area contributed by atoms with Crippen molar-refractivity contribution in [2.45, 2.75) is 24.7 Å². The first-order chi connectivity index (χ1) is 17.5. The second-order valence-corrected chi connectivity index (χ2v) is 9.34. The summed E-state index contributed by atoms with van der Waals surface area (Å²) in [6.45, 7) is 1.24. The maximum absolute atomic E-state index is 13.6. The van der Waals surface area contributed by atoms with Gasteiger partial charge in [-0.2, -0.15) is 0 Å². The van der Waals surface area contributed by atoms with E-state index in [1.54, 1.807) is 43.4 Å². The van der Waals surface area contributed by atoms with E-state index in [-0.39, 0.29) is 35.9 Å². The smallest absolute Gasteiger partial charge is 0.404 e. The quantitative estimate of drug-likeness (QED) is 0.332. The molecule has 5 nitrogen and oxygen atoms in total. The molecule has 1 aliphatic rings. The zero-order valence-electron chi connectivity index (χ0n) is 20.6. The molecule has 204 valence electrons. The summed E-state index contributed by atoms with van der Waals surface area (Å²) >= 11 is 5.97. The van der Waals surface area contributed by atoms with Gasteiger partial charge in [0.05, 0.1) is 5.69 Å². The molecule has 4 rings (SSSR count). The van der Waals surface area contributed by atoms with Gasteiger partial charge in [-0.05, 0) is 66.1 Å². The molecule has 1 fully saturated rings. The summed E-state index contributed by atoms with van der Waals surface area (Å²) in [6.07, 6.45) is -4.32. The number of amides is 2. The lowest BCUT2D eigenvalue weighted by molar-refractivity contribution is -0.274. The molecule has 3 aromatic carbocycles. The number of nitrogens with zero attached hydrogens (tertiary/aromatic N) is 2. The summed E-state index contributed by atoms with van der Waals surface area (Å²) in [7, 11) is 3.04. The van der Waals surface area contributed by atoms with E-state index in [2.05, 4.69) is 10.1 Å². The summed E-state index contributed by atoms with van der Waals surface area (Å²) in [5.74, 6) is -0.969. The standard InChI is InChI=1S/C27H26ClF4N3O2.ClH/c1-34(23-13-14-33-16-22(23)18-5-10-21(29)11-6-18)26(36)35(2)24-15-19(17-3-8-20(28)9-4-17)7-12-25(24)37-27(30,31)32;/h3-12,15,22-23,33H,13-14,16H2,1-2H3;1H/t22-,23+;/m0./s1. The van der Waals surface area contributed by atoms with Gasteiger partial charge < -0.3 is 15.0 Å². The molecule has 2 amide bonds. The number of ether oxygens (including phenoxy) is 1. The highest BCUT2D eigenvalue weighted by atomic mass is 35.5. The summed E-state index contributed by atoms with van der Waals surface area (Å²) in [4.78, 5) is 16.3. The molecule has 0 aliphatic carbocycles. The molecule has 3 aromatic rings. The van der Waals surface area contributed by atoms with Crippen LogP contribution in [0.25, 0.3) is 11.1 Å². The average Bonchev–Trinajstić information content (AvgIpc) is 2.88. The third-order valence-electron chi connectivity index (χ3n) is 6.55. The molecule has 2 atom stereocenters. The van der Waals surface area contributed by atoms with Crippen molar-refractivity contribution >= 4 is 35.7 Å². The Morgan fingerprint density at radius 2 is 1.63 bits per heavy atom. The molecular weight excluding hydrogens is 545 g/mol. The average molecular weight is 572 g/mol. The summed E-state index contributed by atoms with van der Waals surface area (Å²) < 4.78 is 57.3. The number of carbonyl (C=O) groups is 1. The molecule has 0 bridgehead atoms. The fraction of sp³-hybridized carbons (Fsp3) is 0.296. The predicted molar refractivity (Wildman–Crippen MR) is 143 cm³/mol. The van der Waals surface area contributed by atoms with E-state index in [0.29, 0.717) is 35.7 Å². The molecule has 38 heavy (non-hydrogen) atoms. The number of benzene rings is 3. The van der Waals surface area contributed by atoms with E-state index in [4.69, 9.17) is 11.6 Å². The number of likely N-dealkylation sites (N-methyl/N-ethyl adjacent to an activating group) is 1. The van der Waals surface area contributed by atoms with E-state index in [1.807, 2.05) is 0 Å². The number of halogens is 6. The molecule has 0 unspecified atom stereocenters. The van der Waals surface area contributed by atoms with Gasteiger partial charge in [-0.3, -0.25) is 4.90 Å². The van der Waals surface area contributed by atoms with Gasteiger partial charge in [0.1, 0.15) is 5.82 Å². The largest absolute Gasteiger partial charge is 0.573 e. The van der Waals surface area contributed by atoms with Crippen molar-refractivity contribution in [1.82, 2.24) is 10.2 Å². The Bertz CT molecular complexity index is 1240. The van der Waals surface area contributed by atoms with Crippen molar-refractivity contribution < 1.29 is 27.1 Å². The topological polar surface area (TPSA) is 44.8 Å². The summed E-state index contributed by atoms with van der Waals surface area (Å²) in [6, 6.07) is 16.4. The minimum atomic E-state index is -4.94. The highest BCUT2D eigenvalue weighted by Crippen LogP contribution is 2.37. The molecule has 1 saturated heterocycles. The number of hydrogen-bond acceptors (Lipinski definition) is 3. The molecule has 1 N–H and O–H groups in total. The maximum Gasteiger partial charge on any atom is 0.573 e. The number of urea groups is 1. The molecule has 0 spiro atoms. The van der Waals surface area contributed by atoms with Crippen LogP contribution in [0.4, 0.5) is 28.0 Å². The van der Waals surface area contributed by atoms with Crippen LogP contribution in [0.3, 0.4) is 0 Å². The summed E-state index contributed by atoms with van der Waals surface area (Å²) in [5, 5.41) is 3.82. The lowest BCUT2D eigenvalue weighted by Gasteiger charge is -2.40. The monoisotopic (exact) mass is 571 g/mol. The molecule has 1 aliphatic heterocycles. The van der Waals surface area contributed by atoms with Crippen molar-refractivity contribution in [2.24, 2.45) is 0 Å². The number of carbonyl (C=O) groups excluding carboxylic acids is 1. The van der Waals surface area contributed by atoms with Gasteiger partial charge >= 0.3 is 12.4 Å². The Labute approximate surface area is 229 Å². The van der Waals surface area contributed by atoms with E-state index in [9.17, 15) is 22.4 Å². The summed E-state index contributed by atoms with van der Waals surface area (Å²) in [5.41, 5.74) is 2.14. The third-order valence-corrected chi connectivity index (χ3v) is 6.81. The second kappa shape index (κ2) is 12.2. The van der Waals surface area contributed by atoms with Gasteiger partial charge in [-0.1, -0.05) is 41.9 Å².